The van der Waals surface area contributed by atoms with E-state index in [1.807, 2.05) is 0 Å². The molecular formula is C74H63N. The summed E-state index contributed by atoms with van der Waals surface area (Å²) in [5.74, 6) is 1.28. The molecule has 364 valence electrons. The van der Waals surface area contributed by atoms with Crippen LogP contribution in [0.25, 0.3) is 38.6 Å². The summed E-state index contributed by atoms with van der Waals surface area (Å²) >= 11 is 0. The van der Waals surface area contributed by atoms with Crippen LogP contribution in [0, 0.1) is 5.92 Å². The Labute approximate surface area is 444 Å². The lowest BCUT2D eigenvalue weighted by molar-refractivity contribution is 0.445. The standard InChI is InChI=1S/C74H63N/c1-50-40-47-66-65(48-50)72-60(35-21-38-68(72)73(66,2)54-26-9-4-10-27-54)52-41-43-57(44-42-52)75(70-39-18-16-33-63(70)64-36-20-25-53-24-19-34-59(71(53)64)51-22-7-3-8-23-51)58-45-46-62-61-32-15-17-37-67(61)74(69(62)49-58,55-28-11-5-12-29-55)56-30-13-6-14-31-56/h4-6,9-21,24-45,47,49-51,62H,3,7-8,22-23,46,48H2,1-2H3. The average molecular weight is 966 g/mol. The zero-order chi connectivity index (χ0) is 50.1. The van der Waals surface area contributed by atoms with E-state index in [4.69, 9.17) is 0 Å². The number of hydrogen-bond donors (Lipinski definition) is 0. The van der Waals surface area contributed by atoms with Gasteiger partial charge in [0.05, 0.1) is 11.1 Å². The Hall–Kier alpha value is -8.00. The maximum Gasteiger partial charge on any atom is 0.0674 e. The van der Waals surface area contributed by atoms with Crippen LogP contribution >= 0.6 is 0 Å². The minimum atomic E-state index is -0.468. The number of para-hydroxylation sites is 1. The third kappa shape index (κ3) is 7.18. The van der Waals surface area contributed by atoms with E-state index in [0.29, 0.717) is 11.8 Å². The van der Waals surface area contributed by atoms with Gasteiger partial charge in [0.1, 0.15) is 0 Å². The first-order valence-electron chi connectivity index (χ1n) is 27.8. The monoisotopic (exact) mass is 965 g/mol. The summed E-state index contributed by atoms with van der Waals surface area (Å²) in [4.78, 5) is 2.60. The maximum atomic E-state index is 2.60. The number of anilines is 2. The van der Waals surface area contributed by atoms with Gasteiger partial charge in [-0.2, -0.15) is 0 Å². The molecule has 0 spiro atoms. The fraction of sp³-hybridized carbons (Fsp3) is 0.189. The molecule has 1 nitrogen and oxygen atoms in total. The number of benzene rings is 9. The minimum absolute atomic E-state index is 0.231. The quantitative estimate of drug-likeness (QED) is 0.139. The van der Waals surface area contributed by atoms with Gasteiger partial charge in [-0.1, -0.05) is 245 Å². The fourth-order valence-corrected chi connectivity index (χ4v) is 14.8. The normalized spacial score (nSPS) is 20.5. The van der Waals surface area contributed by atoms with Gasteiger partial charge in [-0.15, -0.1) is 0 Å². The summed E-state index contributed by atoms with van der Waals surface area (Å²) in [7, 11) is 0. The lowest BCUT2D eigenvalue weighted by Crippen LogP contribution is -2.31. The summed E-state index contributed by atoms with van der Waals surface area (Å²) in [6.45, 7) is 4.81. The smallest absolute Gasteiger partial charge is 0.0674 e. The van der Waals surface area contributed by atoms with E-state index in [-0.39, 0.29) is 11.3 Å². The predicted molar refractivity (Wildman–Crippen MR) is 315 cm³/mol. The van der Waals surface area contributed by atoms with Crippen molar-refractivity contribution in [2.75, 3.05) is 4.90 Å². The van der Waals surface area contributed by atoms with Gasteiger partial charge in [-0.3, -0.25) is 0 Å². The van der Waals surface area contributed by atoms with Crippen molar-refractivity contribution in [2.24, 2.45) is 5.92 Å². The highest BCUT2D eigenvalue weighted by Gasteiger charge is 2.51. The number of fused-ring (bicyclic) bond motifs is 6. The molecule has 0 saturated heterocycles. The molecule has 9 aromatic carbocycles. The van der Waals surface area contributed by atoms with Gasteiger partial charge in [0.2, 0.25) is 0 Å². The van der Waals surface area contributed by atoms with Crippen LogP contribution in [-0.4, -0.2) is 0 Å². The third-order valence-electron chi connectivity index (χ3n) is 18.2. The molecule has 1 saturated carbocycles. The SMILES string of the molecule is CC1C=CC2=C(C1)c1c(-c3ccc(N(C4=CCC5C(=C4)C(c4ccccc4)(c4ccccc4)c4ccccc45)c4ccccc4-c4cccc5cccc(C6CCCCC6)c45)cc3)cccc1C2(C)c1ccccc1. The molecule has 0 aromatic heterocycles. The van der Waals surface area contributed by atoms with Gasteiger partial charge in [0.15, 0.2) is 0 Å². The molecule has 1 heteroatoms. The van der Waals surface area contributed by atoms with Crippen molar-refractivity contribution in [2.45, 2.75) is 81.5 Å². The summed E-state index contributed by atoms with van der Waals surface area (Å²) in [6.07, 6.45) is 18.4. The Kier molecular flexibility index (Phi) is 11.2. The number of rotatable bonds is 9. The molecular weight excluding hydrogens is 903 g/mol. The Bertz CT molecular complexity index is 3730. The highest BCUT2D eigenvalue weighted by Crippen LogP contribution is 2.61. The molecule has 0 bridgehead atoms. The summed E-state index contributed by atoms with van der Waals surface area (Å²) in [5, 5.41) is 2.73. The summed E-state index contributed by atoms with van der Waals surface area (Å²) < 4.78 is 0. The molecule has 75 heavy (non-hydrogen) atoms. The predicted octanol–water partition coefficient (Wildman–Crippen LogP) is 19.4. The zero-order valence-electron chi connectivity index (χ0n) is 43.2. The Morgan fingerprint density at radius 3 is 1.87 bits per heavy atom. The van der Waals surface area contributed by atoms with Crippen molar-refractivity contribution in [3.05, 3.63) is 304 Å². The molecule has 0 amide bonds. The molecule has 0 N–H and O–H groups in total. The lowest BCUT2D eigenvalue weighted by Gasteiger charge is -2.38. The lowest BCUT2D eigenvalue weighted by atomic mass is 9.66. The molecule has 0 radical (unpaired) electrons. The van der Waals surface area contributed by atoms with Crippen molar-refractivity contribution >= 4 is 27.7 Å². The second-order valence-corrected chi connectivity index (χ2v) is 22.2. The largest absolute Gasteiger partial charge is 0.310 e. The van der Waals surface area contributed by atoms with Crippen LogP contribution in [0.5, 0.6) is 0 Å². The third-order valence-corrected chi connectivity index (χ3v) is 18.2. The van der Waals surface area contributed by atoms with Crippen LogP contribution in [-0.2, 0) is 10.8 Å². The molecule has 0 heterocycles. The molecule has 3 atom stereocenters. The van der Waals surface area contributed by atoms with Crippen molar-refractivity contribution in [1.82, 2.24) is 0 Å². The van der Waals surface area contributed by atoms with E-state index in [2.05, 4.69) is 261 Å². The van der Waals surface area contributed by atoms with Gasteiger partial charge in [0.25, 0.3) is 0 Å². The first-order chi connectivity index (χ1) is 37.0. The van der Waals surface area contributed by atoms with Crippen LogP contribution in [0.3, 0.4) is 0 Å². The van der Waals surface area contributed by atoms with Gasteiger partial charge >= 0.3 is 0 Å². The Morgan fingerprint density at radius 1 is 0.520 bits per heavy atom. The highest BCUT2D eigenvalue weighted by atomic mass is 15.1. The average Bonchev–Trinajstić information content (AvgIpc) is 4.05. The zero-order valence-corrected chi connectivity index (χ0v) is 43.2. The molecule has 3 unspecified atom stereocenters. The second kappa shape index (κ2) is 18.4. The second-order valence-electron chi connectivity index (χ2n) is 22.2. The number of hydrogen-bond acceptors (Lipinski definition) is 1. The van der Waals surface area contributed by atoms with Crippen LogP contribution in [0.2, 0.25) is 0 Å². The molecule has 14 rings (SSSR count). The van der Waals surface area contributed by atoms with Gasteiger partial charge in [-0.25, -0.2) is 0 Å². The molecule has 0 aliphatic heterocycles. The van der Waals surface area contributed by atoms with E-state index in [0.717, 1.165) is 18.5 Å². The van der Waals surface area contributed by atoms with Crippen LogP contribution in [0.15, 0.2) is 260 Å². The molecule has 1 fully saturated rings. The highest BCUT2D eigenvalue weighted by molar-refractivity contribution is 6.03. The number of nitrogens with zero attached hydrogens (tertiary/aromatic N) is 1. The van der Waals surface area contributed by atoms with Gasteiger partial charge < -0.3 is 4.90 Å². The minimum Gasteiger partial charge on any atom is -0.310 e. The van der Waals surface area contributed by atoms with Crippen molar-refractivity contribution in [3.8, 4) is 22.3 Å². The van der Waals surface area contributed by atoms with Crippen molar-refractivity contribution in [1.29, 1.82) is 0 Å². The van der Waals surface area contributed by atoms with E-state index in [9.17, 15) is 0 Å². The first kappa shape index (κ1) is 45.6. The first-order valence-corrected chi connectivity index (χ1v) is 27.8. The van der Waals surface area contributed by atoms with Gasteiger partial charge in [0, 0.05) is 28.3 Å². The van der Waals surface area contributed by atoms with E-state index >= 15 is 0 Å². The van der Waals surface area contributed by atoms with Crippen LogP contribution in [0.4, 0.5) is 11.4 Å². The number of allylic oxidation sites excluding steroid dienone is 7. The molecule has 5 aliphatic rings. The topological polar surface area (TPSA) is 3.24 Å². The Balaban J connectivity index is 0.974. The Morgan fingerprint density at radius 2 is 1.12 bits per heavy atom. The van der Waals surface area contributed by atoms with E-state index < -0.39 is 5.41 Å². The summed E-state index contributed by atoms with van der Waals surface area (Å²) in [5.41, 5.74) is 23.4. The van der Waals surface area contributed by atoms with E-state index in [1.165, 1.54) is 138 Å². The molecule has 5 aliphatic carbocycles. The van der Waals surface area contributed by atoms with Crippen LogP contribution < -0.4 is 4.90 Å². The van der Waals surface area contributed by atoms with Crippen molar-refractivity contribution < 1.29 is 0 Å². The fourth-order valence-electron chi connectivity index (χ4n) is 14.8. The van der Waals surface area contributed by atoms with Crippen LogP contribution in [0.1, 0.15) is 115 Å². The maximum absolute atomic E-state index is 2.60. The summed E-state index contributed by atoms with van der Waals surface area (Å²) in [6, 6.07) is 83.1. The molecule has 9 aromatic rings. The van der Waals surface area contributed by atoms with Crippen molar-refractivity contribution in [3.63, 3.8) is 0 Å². The van der Waals surface area contributed by atoms with E-state index in [1.54, 1.807) is 0 Å². The van der Waals surface area contributed by atoms with Gasteiger partial charge in [-0.05, 0) is 157 Å².